The number of para-hydroxylation sites is 1. The molecule has 2 aliphatic rings. The zero-order valence-electron chi connectivity index (χ0n) is 20.8. The molecule has 13 heteroatoms. The highest BCUT2D eigenvalue weighted by Gasteiger charge is 2.39. The lowest BCUT2D eigenvalue weighted by atomic mass is 10.1. The van der Waals surface area contributed by atoms with Crippen LogP contribution in [0.5, 0.6) is 11.5 Å². The molecule has 7 nitrogen and oxygen atoms in total. The van der Waals surface area contributed by atoms with Crippen molar-refractivity contribution in [1.82, 2.24) is 14.7 Å². The van der Waals surface area contributed by atoms with E-state index in [1.165, 1.54) is 4.90 Å². The molecule has 0 unspecified atom stereocenters. The molecular formula is C25H28F6N4O3. The van der Waals surface area contributed by atoms with Gasteiger partial charge in [-0.1, -0.05) is 12.1 Å². The first kappa shape index (κ1) is 27.8. The number of methoxy groups -OCH3 is 2. The Balaban J connectivity index is 1.29. The Hall–Kier alpha value is -3.19. The Kier molecular flexibility index (Phi) is 7.98. The Bertz CT molecular complexity index is 1110. The first-order chi connectivity index (χ1) is 17.9. The van der Waals surface area contributed by atoms with E-state index in [0.29, 0.717) is 43.3 Å². The summed E-state index contributed by atoms with van der Waals surface area (Å²) >= 11 is 0. The summed E-state index contributed by atoms with van der Waals surface area (Å²) in [7, 11) is 3.18. The molecule has 0 atom stereocenters. The number of nitrogens with one attached hydrogen (secondary N) is 1. The number of benzene rings is 2. The maximum atomic E-state index is 13.1. The lowest BCUT2D eigenvalue weighted by molar-refractivity contribution is -0.143. The maximum absolute atomic E-state index is 13.1. The van der Waals surface area contributed by atoms with Gasteiger partial charge in [-0.15, -0.1) is 0 Å². The van der Waals surface area contributed by atoms with Crippen LogP contribution >= 0.6 is 0 Å². The van der Waals surface area contributed by atoms with Gasteiger partial charge in [0.2, 0.25) is 0 Å². The molecule has 0 bridgehead atoms. The first-order valence-electron chi connectivity index (χ1n) is 11.9. The third kappa shape index (κ3) is 6.26. The van der Waals surface area contributed by atoms with Gasteiger partial charge in [-0.25, -0.2) is 4.79 Å². The van der Waals surface area contributed by atoms with Crippen molar-refractivity contribution in [1.29, 1.82) is 0 Å². The Labute approximate surface area is 215 Å². The number of ether oxygens (including phenoxy) is 2. The molecule has 2 amide bonds. The van der Waals surface area contributed by atoms with Gasteiger partial charge in [-0.3, -0.25) is 9.80 Å². The number of carbonyl (C=O) groups is 1. The van der Waals surface area contributed by atoms with Crippen molar-refractivity contribution in [3.8, 4) is 11.5 Å². The number of rotatable bonds is 6. The second-order valence-corrected chi connectivity index (χ2v) is 9.25. The van der Waals surface area contributed by atoms with Gasteiger partial charge in [0.25, 0.3) is 0 Å². The van der Waals surface area contributed by atoms with Crippen molar-refractivity contribution >= 4 is 11.7 Å². The monoisotopic (exact) mass is 546 g/mol. The Morgan fingerprint density at radius 2 is 1.53 bits per heavy atom. The fraction of sp³-hybridized carbons (Fsp3) is 0.480. The molecule has 0 aromatic heterocycles. The topological polar surface area (TPSA) is 57.3 Å². The minimum absolute atomic E-state index is 0.0271. The van der Waals surface area contributed by atoms with Crippen molar-refractivity contribution < 1.29 is 40.6 Å². The van der Waals surface area contributed by atoms with Crippen molar-refractivity contribution in [3.63, 3.8) is 0 Å². The molecule has 0 saturated carbocycles. The van der Waals surface area contributed by atoms with Crippen LogP contribution in [0.4, 0.5) is 36.8 Å². The van der Waals surface area contributed by atoms with Crippen molar-refractivity contribution in [2.24, 2.45) is 0 Å². The van der Waals surface area contributed by atoms with Crippen LogP contribution < -0.4 is 14.8 Å². The molecule has 0 spiro atoms. The van der Waals surface area contributed by atoms with Crippen LogP contribution in [-0.2, 0) is 18.9 Å². The number of amides is 2. The molecule has 4 rings (SSSR count). The predicted octanol–water partition coefficient (Wildman–Crippen LogP) is 4.78. The van der Waals surface area contributed by atoms with Crippen LogP contribution in [0.15, 0.2) is 36.4 Å². The number of anilines is 1. The first-order valence-corrected chi connectivity index (χ1v) is 11.9. The smallest absolute Gasteiger partial charge is 0.416 e. The van der Waals surface area contributed by atoms with Gasteiger partial charge in [0.1, 0.15) is 0 Å². The largest absolute Gasteiger partial charge is 0.493 e. The van der Waals surface area contributed by atoms with Gasteiger partial charge in [-0.2, -0.15) is 26.3 Å². The zero-order chi connectivity index (χ0) is 27.7. The second-order valence-electron chi connectivity index (χ2n) is 9.25. The lowest BCUT2D eigenvalue weighted by Gasteiger charge is -2.48. The molecule has 38 heavy (non-hydrogen) atoms. The van der Waals surface area contributed by atoms with Crippen LogP contribution in [-0.4, -0.2) is 80.3 Å². The minimum atomic E-state index is -4.98. The summed E-state index contributed by atoms with van der Waals surface area (Å²) in [5.74, 6) is 1.36. The third-order valence-corrected chi connectivity index (χ3v) is 6.79. The van der Waals surface area contributed by atoms with E-state index in [1.807, 2.05) is 18.2 Å². The SMILES string of the molecule is COc1cccc(CN2CCN(C3CN(C(=O)Nc4cc(C(F)(F)F)cc(C(F)(F)F)c4)C3)CC2)c1OC. The summed E-state index contributed by atoms with van der Waals surface area (Å²) in [4.78, 5) is 18.4. The van der Waals surface area contributed by atoms with E-state index in [9.17, 15) is 31.1 Å². The predicted molar refractivity (Wildman–Crippen MR) is 127 cm³/mol. The fourth-order valence-electron chi connectivity index (χ4n) is 4.69. The average Bonchev–Trinajstić information content (AvgIpc) is 2.82. The maximum Gasteiger partial charge on any atom is 0.416 e. The van der Waals surface area contributed by atoms with E-state index >= 15 is 0 Å². The molecular weight excluding hydrogens is 518 g/mol. The van der Waals surface area contributed by atoms with Crippen LogP contribution in [0.3, 0.4) is 0 Å². The summed E-state index contributed by atoms with van der Waals surface area (Å²) in [6.45, 7) is 4.44. The van der Waals surface area contributed by atoms with Crippen molar-refractivity contribution in [3.05, 3.63) is 53.1 Å². The number of urea groups is 1. The van der Waals surface area contributed by atoms with Gasteiger partial charge in [0.15, 0.2) is 11.5 Å². The standard InChI is InChI=1S/C25H28F6N4O3/c1-37-21-5-3-4-16(22(21)38-2)13-33-6-8-34(9-7-33)20-14-35(15-20)23(36)32-19-11-17(24(26,27)28)10-18(12-19)25(29,30)31/h3-5,10-12,20H,6-9,13-15H2,1-2H3,(H,32,36). The molecule has 0 radical (unpaired) electrons. The third-order valence-electron chi connectivity index (χ3n) is 6.79. The van der Waals surface area contributed by atoms with E-state index in [1.54, 1.807) is 14.2 Å². The summed E-state index contributed by atoms with van der Waals surface area (Å²) in [6, 6.07) is 6.09. The molecule has 208 valence electrons. The number of piperazine rings is 1. The summed E-state index contributed by atoms with van der Waals surface area (Å²) in [5, 5.41) is 2.18. The number of nitrogens with zero attached hydrogens (tertiary/aromatic N) is 3. The van der Waals surface area contributed by atoms with Crippen LogP contribution in [0.25, 0.3) is 0 Å². The summed E-state index contributed by atoms with van der Waals surface area (Å²) in [6.07, 6.45) is -9.97. The quantitative estimate of drug-likeness (QED) is 0.529. The highest BCUT2D eigenvalue weighted by Crippen LogP contribution is 2.38. The Morgan fingerprint density at radius 3 is 2.05 bits per heavy atom. The van der Waals surface area contributed by atoms with E-state index in [0.717, 1.165) is 31.7 Å². The van der Waals surface area contributed by atoms with Crippen molar-refractivity contribution in [2.75, 3.05) is 58.8 Å². The van der Waals surface area contributed by atoms with Crippen LogP contribution in [0, 0.1) is 0 Å². The lowest BCUT2D eigenvalue weighted by Crippen LogP contribution is -2.64. The summed E-state index contributed by atoms with van der Waals surface area (Å²) in [5.41, 5.74) is -2.50. The van der Waals surface area contributed by atoms with Gasteiger partial charge in [0, 0.05) is 63.1 Å². The molecule has 2 aliphatic heterocycles. The zero-order valence-corrected chi connectivity index (χ0v) is 20.8. The number of hydrogen-bond acceptors (Lipinski definition) is 5. The minimum Gasteiger partial charge on any atom is -0.493 e. The highest BCUT2D eigenvalue weighted by molar-refractivity contribution is 5.90. The number of hydrogen-bond donors (Lipinski definition) is 1. The highest BCUT2D eigenvalue weighted by atomic mass is 19.4. The number of alkyl halides is 6. The molecule has 2 aromatic carbocycles. The molecule has 2 saturated heterocycles. The van der Waals surface area contributed by atoms with Crippen LogP contribution in [0.1, 0.15) is 16.7 Å². The van der Waals surface area contributed by atoms with Gasteiger partial charge < -0.3 is 19.7 Å². The van der Waals surface area contributed by atoms with Gasteiger partial charge >= 0.3 is 18.4 Å². The normalized spacial score (nSPS) is 17.7. The summed E-state index contributed by atoms with van der Waals surface area (Å²) < 4.78 is 89.3. The number of likely N-dealkylation sites (tertiary alicyclic amines) is 1. The van der Waals surface area contributed by atoms with Crippen LogP contribution in [0.2, 0.25) is 0 Å². The van der Waals surface area contributed by atoms with Gasteiger partial charge in [-0.05, 0) is 24.3 Å². The fourth-order valence-corrected chi connectivity index (χ4v) is 4.69. The molecule has 2 aromatic rings. The second kappa shape index (κ2) is 10.9. The molecule has 2 heterocycles. The average molecular weight is 547 g/mol. The number of halogens is 6. The van der Waals surface area contributed by atoms with E-state index in [4.69, 9.17) is 9.47 Å². The van der Waals surface area contributed by atoms with Crippen molar-refractivity contribution in [2.45, 2.75) is 24.9 Å². The molecule has 0 aliphatic carbocycles. The number of carbonyl (C=O) groups excluding carboxylic acids is 1. The van der Waals surface area contributed by atoms with E-state index in [2.05, 4.69) is 15.1 Å². The Morgan fingerprint density at radius 1 is 0.921 bits per heavy atom. The van der Waals surface area contributed by atoms with E-state index in [-0.39, 0.29) is 12.1 Å². The molecule has 1 N–H and O–H groups in total. The van der Waals surface area contributed by atoms with Gasteiger partial charge in [0.05, 0.1) is 25.3 Å². The van der Waals surface area contributed by atoms with E-state index < -0.39 is 35.2 Å². The molecule has 2 fully saturated rings.